The number of ether oxygens (including phenoxy) is 1. The lowest BCUT2D eigenvalue weighted by Gasteiger charge is -2.10. The molecule has 0 aromatic heterocycles. The Kier molecular flexibility index (Phi) is 3.72. The maximum atomic E-state index is 11.3. The predicted octanol–water partition coefficient (Wildman–Crippen LogP) is 1.99. The second kappa shape index (κ2) is 4.82. The molecule has 1 aromatic carbocycles. The first-order chi connectivity index (χ1) is 7.04. The van der Waals surface area contributed by atoms with Gasteiger partial charge in [0.2, 0.25) is 0 Å². The molecule has 15 heavy (non-hydrogen) atoms. The summed E-state index contributed by atoms with van der Waals surface area (Å²) < 4.78 is 4.92. The number of anilines is 1. The van der Waals surface area contributed by atoms with E-state index in [4.69, 9.17) is 10.5 Å². The molecule has 1 rings (SSSR count). The summed E-state index contributed by atoms with van der Waals surface area (Å²) in [4.78, 5) is 11.3. The van der Waals surface area contributed by atoms with E-state index in [1.54, 1.807) is 6.92 Å². The Morgan fingerprint density at radius 3 is 2.33 bits per heavy atom. The Morgan fingerprint density at radius 1 is 1.33 bits per heavy atom. The van der Waals surface area contributed by atoms with Crippen LogP contribution in [0.3, 0.4) is 0 Å². The third-order valence-corrected chi connectivity index (χ3v) is 2.34. The fourth-order valence-electron chi connectivity index (χ4n) is 1.66. The van der Waals surface area contributed by atoms with Gasteiger partial charge in [0.05, 0.1) is 13.0 Å². The number of nitrogen functional groups attached to an aromatic ring is 1. The third-order valence-electron chi connectivity index (χ3n) is 2.34. The smallest absolute Gasteiger partial charge is 0.310 e. The highest BCUT2D eigenvalue weighted by Crippen LogP contribution is 2.18. The topological polar surface area (TPSA) is 52.3 Å². The largest absolute Gasteiger partial charge is 0.466 e. The Hall–Kier alpha value is -1.51. The van der Waals surface area contributed by atoms with E-state index in [0.717, 1.165) is 22.4 Å². The average molecular weight is 207 g/mol. The summed E-state index contributed by atoms with van der Waals surface area (Å²) in [5.41, 5.74) is 9.54. The lowest BCUT2D eigenvalue weighted by atomic mass is 9.99. The molecule has 0 aliphatic rings. The molecule has 0 spiro atoms. The van der Waals surface area contributed by atoms with Gasteiger partial charge in [-0.3, -0.25) is 4.79 Å². The summed E-state index contributed by atoms with van der Waals surface area (Å²) in [7, 11) is 0. The summed E-state index contributed by atoms with van der Waals surface area (Å²) in [5, 5.41) is 0. The number of carbonyl (C=O) groups excluding carboxylic acids is 1. The summed E-state index contributed by atoms with van der Waals surface area (Å²) >= 11 is 0. The normalized spacial score (nSPS) is 10.1. The van der Waals surface area contributed by atoms with Crippen LogP contribution >= 0.6 is 0 Å². The number of aryl methyl sites for hydroxylation is 2. The van der Waals surface area contributed by atoms with Crippen molar-refractivity contribution in [1.29, 1.82) is 0 Å². The van der Waals surface area contributed by atoms with Crippen molar-refractivity contribution in [3.8, 4) is 0 Å². The van der Waals surface area contributed by atoms with Gasteiger partial charge in [0.1, 0.15) is 0 Å². The zero-order valence-corrected chi connectivity index (χ0v) is 9.46. The number of hydrogen-bond donors (Lipinski definition) is 1. The zero-order valence-electron chi connectivity index (χ0n) is 9.46. The van der Waals surface area contributed by atoms with Gasteiger partial charge < -0.3 is 10.5 Å². The SMILES string of the molecule is CCOC(=O)Cc1c(C)cc(N)cc1C. The minimum Gasteiger partial charge on any atom is -0.466 e. The summed E-state index contributed by atoms with van der Waals surface area (Å²) in [6.45, 7) is 6.14. The fraction of sp³-hybridized carbons (Fsp3) is 0.417. The third kappa shape index (κ3) is 2.98. The van der Waals surface area contributed by atoms with Crippen LogP contribution in [0.2, 0.25) is 0 Å². The van der Waals surface area contributed by atoms with Gasteiger partial charge in [-0.15, -0.1) is 0 Å². The van der Waals surface area contributed by atoms with Crippen molar-refractivity contribution in [2.75, 3.05) is 12.3 Å². The van der Waals surface area contributed by atoms with Gasteiger partial charge in [0.25, 0.3) is 0 Å². The molecule has 0 unspecified atom stereocenters. The van der Waals surface area contributed by atoms with E-state index in [-0.39, 0.29) is 5.97 Å². The van der Waals surface area contributed by atoms with E-state index in [2.05, 4.69) is 0 Å². The van der Waals surface area contributed by atoms with Gasteiger partial charge >= 0.3 is 5.97 Å². The van der Waals surface area contributed by atoms with Crippen molar-refractivity contribution >= 4 is 11.7 Å². The molecule has 0 saturated heterocycles. The molecule has 2 N–H and O–H groups in total. The monoisotopic (exact) mass is 207 g/mol. The predicted molar refractivity (Wildman–Crippen MR) is 60.7 cm³/mol. The number of esters is 1. The maximum Gasteiger partial charge on any atom is 0.310 e. The highest BCUT2D eigenvalue weighted by atomic mass is 16.5. The fourth-order valence-corrected chi connectivity index (χ4v) is 1.66. The first kappa shape index (κ1) is 11.6. The van der Waals surface area contributed by atoms with Gasteiger partial charge in [-0.2, -0.15) is 0 Å². The van der Waals surface area contributed by atoms with Gasteiger partial charge in [0.15, 0.2) is 0 Å². The molecular weight excluding hydrogens is 190 g/mol. The molecule has 0 amide bonds. The van der Waals surface area contributed by atoms with Crippen molar-refractivity contribution < 1.29 is 9.53 Å². The number of nitrogens with two attached hydrogens (primary N) is 1. The lowest BCUT2D eigenvalue weighted by Crippen LogP contribution is -2.10. The van der Waals surface area contributed by atoms with Crippen molar-refractivity contribution in [3.63, 3.8) is 0 Å². The molecule has 0 radical (unpaired) electrons. The Labute approximate surface area is 90.2 Å². The molecule has 0 aliphatic heterocycles. The lowest BCUT2D eigenvalue weighted by molar-refractivity contribution is -0.142. The van der Waals surface area contributed by atoms with Gasteiger partial charge in [-0.05, 0) is 49.6 Å². The van der Waals surface area contributed by atoms with Crippen molar-refractivity contribution in [1.82, 2.24) is 0 Å². The van der Waals surface area contributed by atoms with E-state index >= 15 is 0 Å². The van der Waals surface area contributed by atoms with E-state index in [1.165, 1.54) is 0 Å². The average Bonchev–Trinajstić information content (AvgIpc) is 2.11. The zero-order chi connectivity index (χ0) is 11.4. The number of rotatable bonds is 3. The molecule has 0 aliphatic carbocycles. The molecule has 0 saturated carbocycles. The first-order valence-corrected chi connectivity index (χ1v) is 5.05. The first-order valence-electron chi connectivity index (χ1n) is 5.05. The van der Waals surface area contributed by atoms with Gasteiger partial charge in [-0.25, -0.2) is 0 Å². The van der Waals surface area contributed by atoms with E-state index in [9.17, 15) is 4.79 Å². The van der Waals surface area contributed by atoms with Gasteiger partial charge in [0, 0.05) is 5.69 Å². The van der Waals surface area contributed by atoms with Crippen LogP contribution in [-0.4, -0.2) is 12.6 Å². The van der Waals surface area contributed by atoms with Crippen LogP contribution in [-0.2, 0) is 16.0 Å². The van der Waals surface area contributed by atoms with Gasteiger partial charge in [-0.1, -0.05) is 0 Å². The second-order valence-electron chi connectivity index (χ2n) is 3.62. The standard InChI is InChI=1S/C12H17NO2/c1-4-15-12(14)7-11-8(2)5-10(13)6-9(11)3/h5-6H,4,7,13H2,1-3H3. The molecule has 0 bridgehead atoms. The minimum atomic E-state index is -0.187. The van der Waals surface area contributed by atoms with Crippen molar-refractivity contribution in [3.05, 3.63) is 28.8 Å². The number of hydrogen-bond acceptors (Lipinski definition) is 3. The Bertz CT molecular complexity index is 349. The van der Waals surface area contributed by atoms with Crippen LogP contribution in [0.15, 0.2) is 12.1 Å². The van der Waals surface area contributed by atoms with Crippen LogP contribution in [0.5, 0.6) is 0 Å². The van der Waals surface area contributed by atoms with Crippen LogP contribution in [0, 0.1) is 13.8 Å². The molecule has 3 heteroatoms. The molecule has 0 atom stereocenters. The summed E-state index contributed by atoms with van der Waals surface area (Å²) in [6, 6.07) is 3.75. The molecule has 0 fully saturated rings. The highest BCUT2D eigenvalue weighted by Gasteiger charge is 2.09. The Balaban J connectivity index is 2.90. The molecule has 82 valence electrons. The molecule has 1 aromatic rings. The maximum absolute atomic E-state index is 11.3. The minimum absolute atomic E-state index is 0.187. The quantitative estimate of drug-likeness (QED) is 0.609. The van der Waals surface area contributed by atoms with Crippen LogP contribution in [0.25, 0.3) is 0 Å². The summed E-state index contributed by atoms with van der Waals surface area (Å²) in [5.74, 6) is -0.187. The van der Waals surface area contributed by atoms with Crippen LogP contribution < -0.4 is 5.73 Å². The van der Waals surface area contributed by atoms with Crippen molar-refractivity contribution in [2.24, 2.45) is 0 Å². The van der Waals surface area contributed by atoms with E-state index in [0.29, 0.717) is 13.0 Å². The van der Waals surface area contributed by atoms with Crippen LogP contribution in [0.1, 0.15) is 23.6 Å². The highest BCUT2D eigenvalue weighted by molar-refractivity contribution is 5.74. The second-order valence-corrected chi connectivity index (χ2v) is 3.62. The van der Waals surface area contributed by atoms with Crippen molar-refractivity contribution in [2.45, 2.75) is 27.2 Å². The number of benzene rings is 1. The molecule has 0 heterocycles. The van der Waals surface area contributed by atoms with E-state index < -0.39 is 0 Å². The Morgan fingerprint density at radius 2 is 1.87 bits per heavy atom. The van der Waals surface area contributed by atoms with Crippen LogP contribution in [0.4, 0.5) is 5.69 Å². The summed E-state index contributed by atoms with van der Waals surface area (Å²) in [6.07, 6.45) is 0.325. The molecule has 3 nitrogen and oxygen atoms in total. The number of carbonyl (C=O) groups is 1. The van der Waals surface area contributed by atoms with E-state index in [1.807, 2.05) is 26.0 Å². The molecular formula is C12H17NO2.